The molecule has 0 aliphatic rings. The first-order chi connectivity index (χ1) is 13.3. The van der Waals surface area contributed by atoms with Gasteiger partial charge in [0.2, 0.25) is 11.8 Å². The third-order valence-corrected chi connectivity index (χ3v) is 4.22. The molecule has 0 aromatic heterocycles. The highest BCUT2D eigenvalue weighted by Crippen LogP contribution is 2.08. The van der Waals surface area contributed by atoms with Crippen LogP contribution in [0.4, 0.5) is 0 Å². The molecular weight excluding hydrogens is 352 g/mol. The first-order valence-electron chi connectivity index (χ1n) is 9.13. The van der Waals surface area contributed by atoms with E-state index in [1.165, 1.54) is 11.1 Å². The highest BCUT2D eigenvalue weighted by molar-refractivity contribution is 5.87. The first kappa shape index (κ1) is 21.0. The Morgan fingerprint density at radius 3 is 1.50 bits per heavy atom. The molecule has 0 atom stereocenters. The van der Waals surface area contributed by atoms with Crippen LogP contribution in [0, 0.1) is 27.7 Å². The fourth-order valence-electron chi connectivity index (χ4n) is 2.63. The molecule has 2 amide bonds. The lowest BCUT2D eigenvalue weighted by Crippen LogP contribution is -2.22. The molecule has 0 saturated heterocycles. The molecule has 2 aromatic rings. The average Bonchev–Trinajstić information content (AvgIpc) is 2.63. The van der Waals surface area contributed by atoms with Gasteiger partial charge in [0.1, 0.15) is 0 Å². The van der Waals surface area contributed by atoms with Gasteiger partial charge in [-0.3, -0.25) is 9.59 Å². The van der Waals surface area contributed by atoms with E-state index in [-0.39, 0.29) is 24.7 Å². The molecule has 28 heavy (non-hydrogen) atoms. The van der Waals surface area contributed by atoms with Crippen LogP contribution in [0.25, 0.3) is 0 Å². The van der Waals surface area contributed by atoms with E-state index in [2.05, 4.69) is 21.1 Å². The monoisotopic (exact) mass is 378 g/mol. The van der Waals surface area contributed by atoms with E-state index >= 15 is 0 Å². The Morgan fingerprint density at radius 1 is 0.750 bits per heavy atom. The predicted octanol–water partition coefficient (Wildman–Crippen LogP) is 3.30. The van der Waals surface area contributed by atoms with Crippen LogP contribution in [0.5, 0.6) is 0 Å². The van der Waals surface area contributed by atoms with Gasteiger partial charge in [-0.15, -0.1) is 0 Å². The van der Waals surface area contributed by atoms with Gasteiger partial charge < -0.3 is 0 Å². The molecule has 6 nitrogen and oxygen atoms in total. The molecule has 0 unspecified atom stereocenters. The number of nitrogens with one attached hydrogen (secondary N) is 2. The van der Waals surface area contributed by atoms with Gasteiger partial charge in [-0.2, -0.15) is 10.2 Å². The van der Waals surface area contributed by atoms with Crippen molar-refractivity contribution in [1.29, 1.82) is 0 Å². The summed E-state index contributed by atoms with van der Waals surface area (Å²) in [5.74, 6) is -0.649. The summed E-state index contributed by atoms with van der Waals surface area (Å²) in [6.45, 7) is 8.01. The van der Waals surface area contributed by atoms with Crippen LogP contribution < -0.4 is 10.9 Å². The lowest BCUT2D eigenvalue weighted by molar-refractivity contribution is -0.126. The third kappa shape index (κ3) is 6.79. The van der Waals surface area contributed by atoms with Gasteiger partial charge >= 0.3 is 0 Å². The summed E-state index contributed by atoms with van der Waals surface area (Å²) in [5, 5.41) is 7.89. The fourth-order valence-corrected chi connectivity index (χ4v) is 2.63. The van der Waals surface area contributed by atoms with E-state index in [9.17, 15) is 9.59 Å². The molecule has 0 aliphatic heterocycles. The third-order valence-electron chi connectivity index (χ3n) is 4.22. The zero-order chi connectivity index (χ0) is 20.5. The van der Waals surface area contributed by atoms with Crippen LogP contribution in [0.3, 0.4) is 0 Å². The minimum Gasteiger partial charge on any atom is -0.273 e. The van der Waals surface area contributed by atoms with E-state index in [1.807, 2.05) is 64.1 Å². The smallest absolute Gasteiger partial charge is 0.240 e. The zero-order valence-electron chi connectivity index (χ0n) is 16.7. The predicted molar refractivity (Wildman–Crippen MR) is 113 cm³/mol. The standard InChI is InChI=1S/C22H26N4O2/c1-15-5-7-19(17(3)11-15)13-23-25-21(27)9-10-22(28)26-24-14-20-8-6-16(2)12-18(20)4/h5-8,11-14H,9-10H2,1-4H3,(H,25,27)(H,26,28). The quantitative estimate of drug-likeness (QED) is 0.572. The van der Waals surface area contributed by atoms with Gasteiger partial charge in [-0.25, -0.2) is 10.9 Å². The largest absolute Gasteiger partial charge is 0.273 e. The van der Waals surface area contributed by atoms with Crippen LogP contribution in [0.2, 0.25) is 0 Å². The van der Waals surface area contributed by atoms with E-state index in [4.69, 9.17) is 0 Å². The first-order valence-corrected chi connectivity index (χ1v) is 9.13. The van der Waals surface area contributed by atoms with Crippen LogP contribution in [-0.4, -0.2) is 24.2 Å². The highest BCUT2D eigenvalue weighted by Gasteiger charge is 2.05. The Morgan fingerprint density at radius 2 is 1.14 bits per heavy atom. The number of hydrazone groups is 2. The number of benzene rings is 2. The van der Waals surface area contributed by atoms with E-state index in [0.717, 1.165) is 22.3 Å². The number of amides is 2. The van der Waals surface area contributed by atoms with Crippen molar-refractivity contribution in [2.24, 2.45) is 10.2 Å². The van der Waals surface area contributed by atoms with Gasteiger partial charge in [-0.1, -0.05) is 47.5 Å². The lowest BCUT2D eigenvalue weighted by Gasteiger charge is -2.03. The van der Waals surface area contributed by atoms with Crippen LogP contribution in [0.15, 0.2) is 46.6 Å². The topological polar surface area (TPSA) is 82.9 Å². The van der Waals surface area contributed by atoms with Crippen LogP contribution in [-0.2, 0) is 9.59 Å². The highest BCUT2D eigenvalue weighted by atomic mass is 16.2. The molecule has 0 fully saturated rings. The maximum absolute atomic E-state index is 11.8. The summed E-state index contributed by atoms with van der Waals surface area (Å²) in [5.41, 5.74) is 11.2. The van der Waals surface area contributed by atoms with Crippen molar-refractivity contribution in [3.05, 3.63) is 69.8 Å². The summed E-state index contributed by atoms with van der Waals surface area (Å²) < 4.78 is 0. The van der Waals surface area contributed by atoms with Crippen molar-refractivity contribution in [1.82, 2.24) is 10.9 Å². The maximum Gasteiger partial charge on any atom is 0.240 e. The van der Waals surface area contributed by atoms with E-state index < -0.39 is 0 Å². The summed E-state index contributed by atoms with van der Waals surface area (Å²) in [7, 11) is 0. The summed E-state index contributed by atoms with van der Waals surface area (Å²) in [4.78, 5) is 23.6. The molecule has 146 valence electrons. The molecule has 0 bridgehead atoms. The Hall–Kier alpha value is -3.28. The van der Waals surface area contributed by atoms with Crippen molar-refractivity contribution in [2.45, 2.75) is 40.5 Å². The van der Waals surface area contributed by atoms with Crippen LogP contribution >= 0.6 is 0 Å². The number of carbonyl (C=O) groups excluding carboxylic acids is 2. The number of aryl methyl sites for hydroxylation is 4. The Labute approximate surface area is 165 Å². The summed E-state index contributed by atoms with van der Waals surface area (Å²) >= 11 is 0. The molecule has 2 aromatic carbocycles. The van der Waals surface area contributed by atoms with Crippen molar-refractivity contribution in [3.8, 4) is 0 Å². The normalized spacial score (nSPS) is 11.1. The Kier molecular flexibility index (Phi) is 7.63. The molecule has 0 aliphatic carbocycles. The van der Waals surface area contributed by atoms with Crippen molar-refractivity contribution in [2.75, 3.05) is 0 Å². The number of hydrogen-bond acceptors (Lipinski definition) is 4. The van der Waals surface area contributed by atoms with Gasteiger partial charge in [0.25, 0.3) is 0 Å². The van der Waals surface area contributed by atoms with E-state index in [1.54, 1.807) is 12.4 Å². The zero-order valence-corrected chi connectivity index (χ0v) is 16.7. The molecule has 0 heterocycles. The van der Waals surface area contributed by atoms with E-state index in [0.29, 0.717) is 0 Å². The average molecular weight is 378 g/mol. The second-order valence-electron chi connectivity index (χ2n) is 6.81. The Bertz CT molecular complexity index is 841. The van der Waals surface area contributed by atoms with Crippen molar-refractivity contribution >= 4 is 24.2 Å². The summed E-state index contributed by atoms with van der Waals surface area (Å²) in [6, 6.07) is 12.0. The molecule has 0 saturated carbocycles. The maximum atomic E-state index is 11.8. The molecule has 2 N–H and O–H groups in total. The second kappa shape index (κ2) is 10.2. The number of rotatable bonds is 7. The number of hydrogen-bond donors (Lipinski definition) is 2. The minimum atomic E-state index is -0.325. The molecule has 0 spiro atoms. The lowest BCUT2D eigenvalue weighted by atomic mass is 10.1. The summed E-state index contributed by atoms with van der Waals surface area (Å²) in [6.07, 6.45) is 3.27. The van der Waals surface area contributed by atoms with Gasteiger partial charge in [0.15, 0.2) is 0 Å². The van der Waals surface area contributed by atoms with Crippen molar-refractivity contribution < 1.29 is 9.59 Å². The number of nitrogens with zero attached hydrogens (tertiary/aromatic N) is 2. The minimum absolute atomic E-state index is 0.0368. The van der Waals surface area contributed by atoms with Crippen LogP contribution in [0.1, 0.15) is 46.2 Å². The fraction of sp³-hybridized carbons (Fsp3) is 0.273. The van der Waals surface area contributed by atoms with Crippen molar-refractivity contribution in [3.63, 3.8) is 0 Å². The SMILES string of the molecule is Cc1ccc(C=NNC(=O)CCC(=O)NN=Cc2ccc(C)cc2C)c(C)c1. The molecule has 2 rings (SSSR count). The molecule has 0 radical (unpaired) electrons. The van der Waals surface area contributed by atoms with Gasteiger partial charge in [0.05, 0.1) is 12.4 Å². The second-order valence-corrected chi connectivity index (χ2v) is 6.81. The number of carbonyl (C=O) groups is 2. The molecular formula is C22H26N4O2. The molecule has 6 heteroatoms. The Balaban J connectivity index is 1.73. The van der Waals surface area contributed by atoms with Gasteiger partial charge in [0, 0.05) is 12.8 Å². The van der Waals surface area contributed by atoms with Gasteiger partial charge in [-0.05, 0) is 49.9 Å².